The molecule has 24 heavy (non-hydrogen) atoms. The van der Waals surface area contributed by atoms with Gasteiger partial charge in [-0.1, -0.05) is 36.1 Å². The van der Waals surface area contributed by atoms with Crippen molar-refractivity contribution in [2.24, 2.45) is 7.05 Å². The zero-order chi connectivity index (χ0) is 17.6. The quantitative estimate of drug-likeness (QED) is 0.669. The van der Waals surface area contributed by atoms with Crippen LogP contribution in [0.1, 0.15) is 19.7 Å². The minimum Gasteiger partial charge on any atom is -0.480 e. The van der Waals surface area contributed by atoms with Crippen molar-refractivity contribution in [2.45, 2.75) is 19.4 Å². The molecule has 0 radical (unpaired) electrons. The molecule has 1 fully saturated rings. The number of fused-ring (bicyclic) bond motifs is 1. The summed E-state index contributed by atoms with van der Waals surface area (Å²) in [4.78, 5) is 30.1. The van der Waals surface area contributed by atoms with Gasteiger partial charge >= 0.3 is 5.97 Å². The number of aromatic nitrogens is 2. The number of thioether (sulfide) groups is 1. The first-order valence-corrected chi connectivity index (χ1v) is 8.39. The van der Waals surface area contributed by atoms with E-state index in [1.54, 1.807) is 6.08 Å². The van der Waals surface area contributed by atoms with Crippen LogP contribution in [0, 0.1) is 0 Å². The fourth-order valence-corrected chi connectivity index (χ4v) is 3.97. The molecule has 0 aliphatic carbocycles. The number of hydrogen-bond acceptors (Lipinski definition) is 5. The Bertz CT molecular complexity index is 914. The number of hydrogen-bond donors (Lipinski definition) is 1. The van der Waals surface area contributed by atoms with Crippen LogP contribution in [0.3, 0.4) is 0 Å². The highest BCUT2D eigenvalue weighted by Crippen LogP contribution is 2.37. The molecule has 124 valence electrons. The molecule has 0 bridgehead atoms. The lowest BCUT2D eigenvalue weighted by Crippen LogP contribution is -2.52. The van der Waals surface area contributed by atoms with Gasteiger partial charge in [-0.15, -0.1) is 0 Å². The fraction of sp³-hybridized carbons (Fsp3) is 0.250. The molecule has 2 heterocycles. The first-order chi connectivity index (χ1) is 11.2. The third-order valence-corrected chi connectivity index (χ3v) is 5.26. The predicted molar refractivity (Wildman–Crippen MR) is 97.4 cm³/mol. The maximum Gasteiger partial charge on any atom is 0.329 e. The van der Waals surface area contributed by atoms with Crippen molar-refractivity contribution in [2.75, 3.05) is 0 Å². The minimum atomic E-state index is -1.40. The zero-order valence-corrected chi connectivity index (χ0v) is 14.9. The number of aryl methyl sites for hydroxylation is 1. The van der Waals surface area contributed by atoms with Crippen LogP contribution < -0.4 is 0 Å². The number of benzene rings is 1. The molecule has 1 N–H and O–H groups in total. The van der Waals surface area contributed by atoms with Crippen LogP contribution in [0.25, 0.3) is 17.1 Å². The van der Waals surface area contributed by atoms with Gasteiger partial charge in [0.05, 0.1) is 15.9 Å². The second-order valence-electron chi connectivity index (χ2n) is 5.90. The molecule has 1 aliphatic heterocycles. The van der Waals surface area contributed by atoms with Crippen molar-refractivity contribution >= 4 is 57.3 Å². The maximum absolute atomic E-state index is 12.6. The molecule has 0 unspecified atom stereocenters. The first-order valence-electron chi connectivity index (χ1n) is 7.16. The number of nitrogens with zero attached hydrogens (tertiary/aromatic N) is 3. The highest BCUT2D eigenvalue weighted by Gasteiger charge is 2.46. The van der Waals surface area contributed by atoms with Crippen LogP contribution in [0.5, 0.6) is 0 Å². The summed E-state index contributed by atoms with van der Waals surface area (Å²) in [5.41, 5.74) is 0.376. The van der Waals surface area contributed by atoms with Gasteiger partial charge in [0.2, 0.25) is 0 Å². The number of carboxylic acid groups (broad SMARTS) is 1. The Hall–Kier alpha value is -2.19. The summed E-state index contributed by atoms with van der Waals surface area (Å²) in [6.07, 6.45) is 1.65. The molecular weight excluding hydrogens is 346 g/mol. The average molecular weight is 361 g/mol. The Morgan fingerprint density at radius 1 is 1.38 bits per heavy atom. The topological polar surface area (TPSA) is 75.4 Å². The number of para-hydroxylation sites is 2. The molecule has 2 aromatic rings. The van der Waals surface area contributed by atoms with E-state index in [2.05, 4.69) is 4.98 Å². The predicted octanol–water partition coefficient (Wildman–Crippen LogP) is 2.64. The molecular formula is C16H15N3O3S2. The van der Waals surface area contributed by atoms with Crippen LogP contribution in [0.2, 0.25) is 0 Å². The number of amides is 1. The van der Waals surface area contributed by atoms with Crippen LogP contribution in [-0.4, -0.2) is 41.3 Å². The van der Waals surface area contributed by atoms with Gasteiger partial charge in [-0.3, -0.25) is 9.69 Å². The van der Waals surface area contributed by atoms with Gasteiger partial charge in [-0.2, -0.15) is 0 Å². The van der Waals surface area contributed by atoms with Gasteiger partial charge in [-0.05, 0) is 26.0 Å². The molecule has 1 aromatic carbocycles. The normalized spacial score (nSPS) is 17.3. The summed E-state index contributed by atoms with van der Waals surface area (Å²) in [7, 11) is 1.86. The molecule has 6 nitrogen and oxygen atoms in total. The highest BCUT2D eigenvalue weighted by atomic mass is 32.2. The van der Waals surface area contributed by atoms with E-state index in [-0.39, 0.29) is 4.32 Å². The van der Waals surface area contributed by atoms with Crippen molar-refractivity contribution in [1.29, 1.82) is 0 Å². The molecule has 3 rings (SSSR count). The lowest BCUT2D eigenvalue weighted by molar-refractivity contribution is -0.150. The second kappa shape index (κ2) is 5.71. The summed E-state index contributed by atoms with van der Waals surface area (Å²) in [5, 5.41) is 9.35. The molecule has 1 aromatic heterocycles. The van der Waals surface area contributed by atoms with E-state index in [9.17, 15) is 14.7 Å². The summed E-state index contributed by atoms with van der Waals surface area (Å²) in [6.45, 7) is 2.91. The summed E-state index contributed by atoms with van der Waals surface area (Å²) in [5.74, 6) is -0.905. The number of carbonyl (C=O) groups is 2. The number of carboxylic acids is 1. The van der Waals surface area contributed by atoms with E-state index in [1.807, 2.05) is 35.9 Å². The molecule has 1 aliphatic rings. The second-order valence-corrected chi connectivity index (χ2v) is 7.57. The Morgan fingerprint density at radius 3 is 2.67 bits per heavy atom. The lowest BCUT2D eigenvalue weighted by atomic mass is 10.0. The van der Waals surface area contributed by atoms with Gasteiger partial charge in [0, 0.05) is 13.1 Å². The van der Waals surface area contributed by atoms with Crippen LogP contribution in [0.4, 0.5) is 0 Å². The summed E-state index contributed by atoms with van der Waals surface area (Å²) in [6, 6.07) is 7.65. The fourth-order valence-electron chi connectivity index (χ4n) is 2.46. The number of rotatable bonds is 3. The Morgan fingerprint density at radius 2 is 2.04 bits per heavy atom. The number of imidazole rings is 1. The van der Waals surface area contributed by atoms with Crippen LogP contribution >= 0.6 is 24.0 Å². The van der Waals surface area contributed by atoms with Gasteiger partial charge in [-0.25, -0.2) is 9.78 Å². The molecule has 0 saturated carbocycles. The van der Waals surface area contributed by atoms with E-state index in [1.165, 1.54) is 13.8 Å². The van der Waals surface area contributed by atoms with Gasteiger partial charge in [0.1, 0.15) is 15.7 Å². The average Bonchev–Trinajstić information content (AvgIpc) is 2.97. The van der Waals surface area contributed by atoms with Gasteiger partial charge in [0.25, 0.3) is 5.91 Å². The first kappa shape index (κ1) is 16.7. The molecule has 0 spiro atoms. The molecule has 1 saturated heterocycles. The number of aliphatic carboxylic acids is 1. The van der Waals surface area contributed by atoms with Gasteiger partial charge < -0.3 is 9.67 Å². The smallest absolute Gasteiger partial charge is 0.329 e. The molecule has 0 atom stereocenters. The van der Waals surface area contributed by atoms with Crippen LogP contribution in [0.15, 0.2) is 29.2 Å². The van der Waals surface area contributed by atoms with E-state index in [0.717, 1.165) is 27.7 Å². The van der Waals surface area contributed by atoms with Crippen molar-refractivity contribution in [3.05, 3.63) is 35.0 Å². The Balaban J connectivity index is 2.02. The number of carbonyl (C=O) groups excluding carboxylic acids is 1. The van der Waals surface area contributed by atoms with E-state index in [4.69, 9.17) is 12.2 Å². The van der Waals surface area contributed by atoms with Crippen molar-refractivity contribution in [3.63, 3.8) is 0 Å². The van der Waals surface area contributed by atoms with Gasteiger partial charge in [0.15, 0.2) is 0 Å². The largest absolute Gasteiger partial charge is 0.480 e. The SMILES string of the molecule is Cn1c(C=C2SC(=S)N(C(C)(C)C(=O)O)C2=O)nc2ccccc21. The van der Waals surface area contributed by atoms with Crippen molar-refractivity contribution in [1.82, 2.24) is 14.5 Å². The van der Waals surface area contributed by atoms with Crippen molar-refractivity contribution in [3.8, 4) is 0 Å². The third-order valence-electron chi connectivity index (χ3n) is 3.96. The molecule has 1 amide bonds. The maximum atomic E-state index is 12.6. The Labute approximate surface area is 148 Å². The van der Waals surface area contributed by atoms with E-state index >= 15 is 0 Å². The summed E-state index contributed by atoms with van der Waals surface area (Å²) < 4.78 is 2.11. The van der Waals surface area contributed by atoms with Crippen molar-refractivity contribution < 1.29 is 14.7 Å². The lowest BCUT2D eigenvalue weighted by Gasteiger charge is -2.29. The third kappa shape index (κ3) is 2.51. The summed E-state index contributed by atoms with van der Waals surface area (Å²) >= 11 is 6.30. The zero-order valence-electron chi connectivity index (χ0n) is 13.3. The minimum absolute atomic E-state index is 0.234. The highest BCUT2D eigenvalue weighted by molar-refractivity contribution is 8.26. The Kier molecular flexibility index (Phi) is 3.97. The monoisotopic (exact) mass is 361 g/mol. The number of thiocarbonyl (C=S) groups is 1. The van der Waals surface area contributed by atoms with Crippen LogP contribution in [-0.2, 0) is 16.6 Å². The molecule has 8 heteroatoms. The van der Waals surface area contributed by atoms with E-state index in [0.29, 0.717) is 10.7 Å². The standard InChI is InChI=1S/C16H15N3O3S2/c1-16(2,14(21)22)19-13(20)11(24-15(19)23)8-12-17-9-6-4-5-7-10(9)18(12)3/h4-8H,1-3H3,(H,21,22). The van der Waals surface area contributed by atoms with E-state index < -0.39 is 17.4 Å².